The lowest BCUT2D eigenvalue weighted by atomic mass is 10.1. The van der Waals surface area contributed by atoms with Gasteiger partial charge in [-0.1, -0.05) is 47.7 Å². The maximum absolute atomic E-state index is 14.5. The monoisotopic (exact) mass is 430 g/mol. The molecule has 0 atom stereocenters. The van der Waals surface area contributed by atoms with Crippen molar-refractivity contribution < 1.29 is 9.18 Å². The first kappa shape index (κ1) is 19.1. The summed E-state index contributed by atoms with van der Waals surface area (Å²) in [6.07, 6.45) is 0. The van der Waals surface area contributed by atoms with Crippen molar-refractivity contribution in [2.75, 3.05) is 5.32 Å². The molecule has 1 amide bonds. The molecule has 152 valence electrons. The summed E-state index contributed by atoms with van der Waals surface area (Å²) in [5, 5.41) is 3.52. The fraction of sp³-hybridized carbons (Fsp3) is 0.0435. The van der Waals surface area contributed by atoms with Gasteiger partial charge in [0.1, 0.15) is 18.2 Å². The van der Waals surface area contributed by atoms with E-state index in [0.29, 0.717) is 16.0 Å². The van der Waals surface area contributed by atoms with E-state index < -0.39 is 17.3 Å². The molecule has 5 rings (SSSR count). The number of carbonyl (C=O) groups excluding carboxylic acids is 1. The molecule has 0 fully saturated rings. The minimum Gasteiger partial charge on any atom is -0.300 e. The summed E-state index contributed by atoms with van der Waals surface area (Å²) in [4.78, 5) is 34.8. The SMILES string of the molecule is O=C(Cn1c(-c2ccccc2F)nc2ccccc2c1=O)Nc1nc2ccccc2s1. The zero-order chi connectivity index (χ0) is 21.4. The number of carbonyl (C=O) groups is 1. The van der Waals surface area contributed by atoms with Crippen molar-refractivity contribution in [3.63, 3.8) is 0 Å². The highest BCUT2D eigenvalue weighted by molar-refractivity contribution is 7.22. The molecule has 6 nitrogen and oxygen atoms in total. The smallest absolute Gasteiger partial charge is 0.262 e. The molecule has 0 aliphatic carbocycles. The molecule has 2 aromatic heterocycles. The quantitative estimate of drug-likeness (QED) is 0.457. The van der Waals surface area contributed by atoms with Crippen molar-refractivity contribution in [2.45, 2.75) is 6.54 Å². The molecular formula is C23H15FN4O2S. The Morgan fingerprint density at radius 3 is 2.45 bits per heavy atom. The number of hydrogen-bond acceptors (Lipinski definition) is 5. The Kier molecular flexibility index (Phi) is 4.76. The topological polar surface area (TPSA) is 76.9 Å². The minimum atomic E-state index is -0.523. The van der Waals surface area contributed by atoms with E-state index in [0.717, 1.165) is 10.2 Å². The molecule has 0 radical (unpaired) electrons. The minimum absolute atomic E-state index is 0.0984. The third-order valence-corrected chi connectivity index (χ3v) is 5.77. The predicted molar refractivity (Wildman–Crippen MR) is 120 cm³/mol. The van der Waals surface area contributed by atoms with Crippen LogP contribution in [0.4, 0.5) is 9.52 Å². The molecule has 5 aromatic rings. The Labute approximate surface area is 179 Å². The molecule has 0 saturated carbocycles. The molecule has 0 spiro atoms. The van der Waals surface area contributed by atoms with E-state index in [4.69, 9.17) is 0 Å². The van der Waals surface area contributed by atoms with E-state index in [1.807, 2.05) is 24.3 Å². The second kappa shape index (κ2) is 7.73. The van der Waals surface area contributed by atoms with E-state index in [1.165, 1.54) is 28.0 Å². The fourth-order valence-corrected chi connectivity index (χ4v) is 4.27. The van der Waals surface area contributed by atoms with Gasteiger partial charge in [0.05, 0.1) is 26.7 Å². The Morgan fingerprint density at radius 1 is 0.935 bits per heavy atom. The molecule has 0 bridgehead atoms. The number of amides is 1. The van der Waals surface area contributed by atoms with Gasteiger partial charge in [-0.2, -0.15) is 0 Å². The zero-order valence-electron chi connectivity index (χ0n) is 16.1. The van der Waals surface area contributed by atoms with Gasteiger partial charge >= 0.3 is 0 Å². The third-order valence-electron chi connectivity index (χ3n) is 4.82. The average Bonchev–Trinajstić information content (AvgIpc) is 3.18. The summed E-state index contributed by atoms with van der Waals surface area (Å²) in [6.45, 7) is -0.323. The predicted octanol–water partition coefficient (Wildman–Crippen LogP) is 4.45. The van der Waals surface area contributed by atoms with Crippen LogP contribution in [0.5, 0.6) is 0 Å². The van der Waals surface area contributed by atoms with Crippen LogP contribution < -0.4 is 10.9 Å². The number of fused-ring (bicyclic) bond motifs is 2. The Hall–Kier alpha value is -3.91. The van der Waals surface area contributed by atoms with Crippen LogP contribution >= 0.6 is 11.3 Å². The molecule has 8 heteroatoms. The average molecular weight is 430 g/mol. The van der Waals surface area contributed by atoms with Gasteiger partial charge < -0.3 is 5.32 Å². The number of nitrogens with zero attached hydrogens (tertiary/aromatic N) is 3. The van der Waals surface area contributed by atoms with Gasteiger partial charge in [0.2, 0.25) is 5.91 Å². The van der Waals surface area contributed by atoms with Crippen LogP contribution in [0.1, 0.15) is 0 Å². The van der Waals surface area contributed by atoms with E-state index in [1.54, 1.807) is 36.4 Å². The van der Waals surface area contributed by atoms with Crippen LogP contribution in [0.25, 0.3) is 32.5 Å². The van der Waals surface area contributed by atoms with Gasteiger partial charge in [-0.25, -0.2) is 14.4 Å². The summed E-state index contributed by atoms with van der Waals surface area (Å²) >= 11 is 1.34. The van der Waals surface area contributed by atoms with Crippen LogP contribution in [0.15, 0.2) is 77.6 Å². The van der Waals surface area contributed by atoms with Gasteiger partial charge in [0, 0.05) is 0 Å². The van der Waals surface area contributed by atoms with Crippen molar-refractivity contribution in [1.29, 1.82) is 0 Å². The Balaban J connectivity index is 1.57. The normalized spacial score (nSPS) is 11.1. The molecule has 0 saturated heterocycles. The van der Waals surface area contributed by atoms with Crippen molar-refractivity contribution in [3.8, 4) is 11.4 Å². The maximum atomic E-state index is 14.5. The van der Waals surface area contributed by atoms with Gasteiger partial charge in [0.25, 0.3) is 5.56 Å². The summed E-state index contributed by atoms with van der Waals surface area (Å²) < 4.78 is 16.7. The van der Waals surface area contributed by atoms with Crippen molar-refractivity contribution >= 4 is 43.5 Å². The fourth-order valence-electron chi connectivity index (χ4n) is 3.39. The van der Waals surface area contributed by atoms with Gasteiger partial charge in [-0.05, 0) is 36.4 Å². The molecule has 3 aromatic carbocycles. The first-order valence-electron chi connectivity index (χ1n) is 9.50. The van der Waals surface area contributed by atoms with Crippen LogP contribution in [-0.4, -0.2) is 20.4 Å². The van der Waals surface area contributed by atoms with Crippen molar-refractivity contribution in [1.82, 2.24) is 14.5 Å². The number of para-hydroxylation sites is 2. The van der Waals surface area contributed by atoms with Gasteiger partial charge in [0.15, 0.2) is 5.13 Å². The largest absolute Gasteiger partial charge is 0.300 e. The standard InChI is InChI=1S/C23H15FN4O2S/c24-16-9-3-1-7-14(16)21-25-17-10-4-2-8-15(17)22(30)28(21)13-20(29)27-23-26-18-11-5-6-12-19(18)31-23/h1-12H,13H2,(H,26,27,29). The number of benzene rings is 3. The highest BCUT2D eigenvalue weighted by atomic mass is 32.1. The molecule has 2 heterocycles. The van der Waals surface area contributed by atoms with Crippen LogP contribution in [0.3, 0.4) is 0 Å². The maximum Gasteiger partial charge on any atom is 0.262 e. The summed E-state index contributed by atoms with van der Waals surface area (Å²) in [6, 6.07) is 20.4. The summed E-state index contributed by atoms with van der Waals surface area (Å²) in [7, 11) is 0. The first-order valence-corrected chi connectivity index (χ1v) is 10.3. The second-order valence-electron chi connectivity index (χ2n) is 6.86. The number of halogens is 1. The van der Waals surface area contributed by atoms with Gasteiger partial charge in [-0.3, -0.25) is 14.2 Å². The lowest BCUT2D eigenvalue weighted by Crippen LogP contribution is -2.30. The zero-order valence-corrected chi connectivity index (χ0v) is 16.9. The van der Waals surface area contributed by atoms with E-state index >= 15 is 0 Å². The number of rotatable bonds is 4. The van der Waals surface area contributed by atoms with E-state index in [-0.39, 0.29) is 17.9 Å². The Morgan fingerprint density at radius 2 is 1.65 bits per heavy atom. The summed E-state index contributed by atoms with van der Waals surface area (Å²) in [5.74, 6) is -0.873. The first-order chi connectivity index (χ1) is 15.1. The summed E-state index contributed by atoms with van der Waals surface area (Å²) in [5.41, 5.74) is 0.953. The van der Waals surface area contributed by atoms with Crippen molar-refractivity contribution in [3.05, 3.63) is 89.0 Å². The van der Waals surface area contributed by atoms with E-state index in [9.17, 15) is 14.0 Å². The second-order valence-corrected chi connectivity index (χ2v) is 7.89. The number of aromatic nitrogens is 3. The van der Waals surface area contributed by atoms with Crippen LogP contribution in [0.2, 0.25) is 0 Å². The lowest BCUT2D eigenvalue weighted by Gasteiger charge is -2.13. The van der Waals surface area contributed by atoms with Crippen LogP contribution in [-0.2, 0) is 11.3 Å². The number of anilines is 1. The van der Waals surface area contributed by atoms with Gasteiger partial charge in [-0.15, -0.1) is 0 Å². The number of thiazole rings is 1. The number of hydrogen-bond donors (Lipinski definition) is 1. The Bertz CT molecular complexity index is 1480. The highest BCUT2D eigenvalue weighted by Crippen LogP contribution is 2.26. The lowest BCUT2D eigenvalue weighted by molar-refractivity contribution is -0.116. The highest BCUT2D eigenvalue weighted by Gasteiger charge is 2.18. The molecular weight excluding hydrogens is 415 g/mol. The molecule has 0 aliphatic rings. The number of nitrogens with one attached hydrogen (secondary N) is 1. The molecule has 31 heavy (non-hydrogen) atoms. The van der Waals surface area contributed by atoms with E-state index in [2.05, 4.69) is 15.3 Å². The third kappa shape index (κ3) is 3.57. The van der Waals surface area contributed by atoms with Crippen LogP contribution in [0, 0.1) is 5.82 Å². The molecule has 0 unspecified atom stereocenters. The van der Waals surface area contributed by atoms with Crippen molar-refractivity contribution in [2.24, 2.45) is 0 Å². The molecule has 1 N–H and O–H groups in total. The molecule has 0 aliphatic heterocycles.